The first-order valence-corrected chi connectivity index (χ1v) is 10.4. The van der Waals surface area contributed by atoms with E-state index in [9.17, 15) is 29.1 Å². The Labute approximate surface area is 190 Å². The largest absolute Gasteiger partial charge is 0.481 e. The number of H-pyrrole nitrogens is 1. The number of carboxylic acid groups (broad SMARTS) is 2. The topological polar surface area (TPSA) is 217 Å². The number of aromatic amines is 1. The van der Waals surface area contributed by atoms with Crippen LogP contribution in [0.1, 0.15) is 39.8 Å². The summed E-state index contributed by atoms with van der Waals surface area (Å²) in [6, 6.07) is -4.92. The van der Waals surface area contributed by atoms with Crippen molar-refractivity contribution in [2.24, 2.45) is 17.6 Å². The molecule has 0 aliphatic carbocycles. The predicted molar refractivity (Wildman–Crippen MR) is 116 cm³/mol. The lowest BCUT2D eigenvalue weighted by atomic mass is 10.0. The molecule has 1 aromatic heterocycles. The van der Waals surface area contributed by atoms with Crippen molar-refractivity contribution in [1.29, 1.82) is 0 Å². The fraction of sp³-hybridized carbons (Fsp3) is 0.600. The number of carbonyl (C=O) groups is 5. The molecule has 0 fully saturated rings. The van der Waals surface area contributed by atoms with Crippen molar-refractivity contribution >= 4 is 29.7 Å². The van der Waals surface area contributed by atoms with Crippen molar-refractivity contribution in [3.8, 4) is 0 Å². The van der Waals surface area contributed by atoms with Gasteiger partial charge in [-0.1, -0.05) is 27.7 Å². The molecule has 1 heterocycles. The first-order chi connectivity index (χ1) is 15.3. The molecule has 8 N–H and O–H groups in total. The molecule has 1 aromatic rings. The number of aromatic nitrogens is 2. The molecule has 13 nitrogen and oxygen atoms in total. The van der Waals surface area contributed by atoms with E-state index in [0.29, 0.717) is 5.69 Å². The van der Waals surface area contributed by atoms with Gasteiger partial charge in [0.05, 0.1) is 18.8 Å². The molecule has 3 amide bonds. The van der Waals surface area contributed by atoms with Gasteiger partial charge in [-0.2, -0.15) is 0 Å². The molecule has 0 radical (unpaired) electrons. The fourth-order valence-corrected chi connectivity index (χ4v) is 2.82. The summed E-state index contributed by atoms with van der Waals surface area (Å²) in [5.74, 6) is -5.75. The van der Waals surface area contributed by atoms with E-state index < -0.39 is 66.2 Å². The smallest absolute Gasteiger partial charge is 0.326 e. The first kappa shape index (κ1) is 27.6. The van der Waals surface area contributed by atoms with Crippen LogP contribution in [0.4, 0.5) is 0 Å². The van der Waals surface area contributed by atoms with Gasteiger partial charge in [0.15, 0.2) is 0 Å². The van der Waals surface area contributed by atoms with E-state index in [1.165, 1.54) is 12.5 Å². The molecule has 13 heteroatoms. The highest BCUT2D eigenvalue weighted by Crippen LogP contribution is 2.07. The third kappa shape index (κ3) is 8.88. The van der Waals surface area contributed by atoms with E-state index in [2.05, 4.69) is 25.9 Å². The lowest BCUT2D eigenvalue weighted by molar-refractivity contribution is -0.143. The van der Waals surface area contributed by atoms with Crippen molar-refractivity contribution in [3.63, 3.8) is 0 Å². The number of carboxylic acids is 2. The van der Waals surface area contributed by atoms with E-state index in [4.69, 9.17) is 10.8 Å². The Morgan fingerprint density at radius 3 is 2.00 bits per heavy atom. The number of rotatable bonds is 13. The minimum absolute atomic E-state index is 0.0649. The quantitative estimate of drug-likeness (QED) is 0.181. The van der Waals surface area contributed by atoms with Crippen LogP contribution in [0.5, 0.6) is 0 Å². The number of nitrogens with one attached hydrogen (secondary N) is 4. The molecule has 0 bridgehead atoms. The van der Waals surface area contributed by atoms with Gasteiger partial charge in [0.25, 0.3) is 0 Å². The monoisotopic (exact) mass is 468 g/mol. The summed E-state index contributed by atoms with van der Waals surface area (Å²) in [6.45, 7) is 6.62. The van der Waals surface area contributed by atoms with Crippen LogP contribution in [0, 0.1) is 11.8 Å². The van der Waals surface area contributed by atoms with Gasteiger partial charge in [0.2, 0.25) is 17.7 Å². The van der Waals surface area contributed by atoms with E-state index in [0.717, 1.165) is 0 Å². The summed E-state index contributed by atoms with van der Waals surface area (Å²) >= 11 is 0. The van der Waals surface area contributed by atoms with E-state index in [1.54, 1.807) is 27.7 Å². The highest BCUT2D eigenvalue weighted by molar-refractivity contribution is 5.95. The highest BCUT2D eigenvalue weighted by atomic mass is 16.4. The van der Waals surface area contributed by atoms with Crippen molar-refractivity contribution in [2.75, 3.05) is 0 Å². The third-order valence-electron chi connectivity index (χ3n) is 4.87. The summed E-state index contributed by atoms with van der Waals surface area (Å²) in [5.41, 5.74) is 6.24. The van der Waals surface area contributed by atoms with Crippen LogP contribution in [0.3, 0.4) is 0 Å². The second-order valence-electron chi connectivity index (χ2n) is 8.34. The summed E-state index contributed by atoms with van der Waals surface area (Å²) in [7, 11) is 0. The zero-order chi connectivity index (χ0) is 25.3. The van der Waals surface area contributed by atoms with Gasteiger partial charge in [-0.15, -0.1) is 0 Å². The molecule has 0 spiro atoms. The van der Waals surface area contributed by atoms with Crippen molar-refractivity contribution < 1.29 is 34.2 Å². The Morgan fingerprint density at radius 1 is 0.939 bits per heavy atom. The number of aliphatic carboxylic acids is 2. The van der Waals surface area contributed by atoms with Crippen LogP contribution in [0.15, 0.2) is 12.5 Å². The lowest BCUT2D eigenvalue weighted by Crippen LogP contribution is -2.59. The van der Waals surface area contributed by atoms with Gasteiger partial charge in [-0.05, 0) is 11.8 Å². The number of nitrogens with zero attached hydrogens (tertiary/aromatic N) is 1. The molecule has 0 aliphatic rings. The van der Waals surface area contributed by atoms with Crippen LogP contribution in [-0.2, 0) is 30.4 Å². The minimum atomic E-state index is -1.48. The molecule has 0 aromatic carbocycles. The Morgan fingerprint density at radius 2 is 1.55 bits per heavy atom. The number of amides is 3. The number of carbonyl (C=O) groups excluding carboxylic acids is 3. The summed E-state index contributed by atoms with van der Waals surface area (Å²) in [5, 5.41) is 25.7. The molecule has 4 unspecified atom stereocenters. The van der Waals surface area contributed by atoms with Crippen molar-refractivity contribution in [3.05, 3.63) is 18.2 Å². The maximum Gasteiger partial charge on any atom is 0.326 e. The maximum absolute atomic E-state index is 12.8. The number of imidazole rings is 1. The van der Waals surface area contributed by atoms with Crippen molar-refractivity contribution in [1.82, 2.24) is 25.9 Å². The molecule has 0 saturated heterocycles. The maximum atomic E-state index is 12.8. The molecule has 4 atom stereocenters. The first-order valence-electron chi connectivity index (χ1n) is 10.4. The zero-order valence-corrected chi connectivity index (χ0v) is 19.0. The molecular weight excluding hydrogens is 436 g/mol. The Kier molecular flexibility index (Phi) is 10.5. The normalized spacial score (nSPS) is 14.8. The summed E-state index contributed by atoms with van der Waals surface area (Å²) in [6.07, 6.45) is 2.00. The van der Waals surface area contributed by atoms with Crippen molar-refractivity contribution in [2.45, 2.75) is 64.7 Å². The summed E-state index contributed by atoms with van der Waals surface area (Å²) < 4.78 is 0. The lowest BCUT2D eigenvalue weighted by Gasteiger charge is -2.27. The standard InChI is InChI=1S/C20H32N6O7/c1-9(2)15(21)18(30)24-12(6-14(27)28)17(29)26-16(10(3)4)19(31)25-13(20(32)33)5-11-7-22-8-23-11/h7-10,12-13,15-16H,5-6,21H2,1-4H3,(H,22,23)(H,24,30)(H,25,31)(H,26,29)(H,27,28)(H,32,33). The molecule has 184 valence electrons. The van der Waals surface area contributed by atoms with Crippen LogP contribution in [0.25, 0.3) is 0 Å². The minimum Gasteiger partial charge on any atom is -0.481 e. The molecule has 1 rings (SSSR count). The van der Waals surface area contributed by atoms with E-state index in [-0.39, 0.29) is 12.3 Å². The van der Waals surface area contributed by atoms with Crippen LogP contribution >= 0.6 is 0 Å². The van der Waals surface area contributed by atoms with Crippen LogP contribution < -0.4 is 21.7 Å². The predicted octanol–water partition coefficient (Wildman–Crippen LogP) is -1.39. The second kappa shape index (κ2) is 12.5. The number of nitrogens with two attached hydrogens (primary N) is 1. The van der Waals surface area contributed by atoms with Crippen LogP contribution in [0.2, 0.25) is 0 Å². The molecule has 0 aliphatic heterocycles. The van der Waals surface area contributed by atoms with Gasteiger partial charge < -0.3 is 36.9 Å². The zero-order valence-electron chi connectivity index (χ0n) is 19.0. The van der Waals surface area contributed by atoms with E-state index in [1.807, 2.05) is 0 Å². The Balaban J connectivity index is 2.95. The van der Waals surface area contributed by atoms with Gasteiger partial charge >= 0.3 is 11.9 Å². The number of hydrogen-bond acceptors (Lipinski definition) is 7. The SMILES string of the molecule is CC(C)C(N)C(=O)NC(CC(=O)O)C(=O)NC(C(=O)NC(Cc1cnc[nH]1)C(=O)O)C(C)C. The van der Waals surface area contributed by atoms with Gasteiger partial charge in [-0.25, -0.2) is 9.78 Å². The Hall–Kier alpha value is -3.48. The average Bonchev–Trinajstić information content (AvgIpc) is 3.22. The molecule has 0 saturated carbocycles. The highest BCUT2D eigenvalue weighted by Gasteiger charge is 2.33. The van der Waals surface area contributed by atoms with Gasteiger partial charge in [-0.3, -0.25) is 19.2 Å². The van der Waals surface area contributed by atoms with Crippen LogP contribution in [-0.4, -0.2) is 74.0 Å². The number of hydrogen-bond donors (Lipinski definition) is 7. The summed E-state index contributed by atoms with van der Waals surface area (Å²) in [4.78, 5) is 67.1. The fourth-order valence-electron chi connectivity index (χ4n) is 2.82. The molecule has 33 heavy (non-hydrogen) atoms. The Bertz CT molecular complexity index is 840. The third-order valence-corrected chi connectivity index (χ3v) is 4.87. The van der Waals surface area contributed by atoms with E-state index >= 15 is 0 Å². The second-order valence-corrected chi connectivity index (χ2v) is 8.34. The van der Waals surface area contributed by atoms with Gasteiger partial charge in [0, 0.05) is 18.3 Å². The molecular formula is C20H32N6O7. The van der Waals surface area contributed by atoms with Gasteiger partial charge in [0.1, 0.15) is 18.1 Å². The average molecular weight is 469 g/mol.